The molecular formula is C29H32F3N3O7. The van der Waals surface area contributed by atoms with Crippen molar-refractivity contribution in [2.75, 3.05) is 20.2 Å². The highest BCUT2D eigenvalue weighted by Crippen LogP contribution is 2.45. The van der Waals surface area contributed by atoms with Gasteiger partial charge in [-0.05, 0) is 31.0 Å². The third-order valence-electron chi connectivity index (χ3n) is 7.49. The van der Waals surface area contributed by atoms with Gasteiger partial charge in [0.2, 0.25) is 11.8 Å². The number of nitrogens with one attached hydrogen (secondary N) is 1. The second kappa shape index (κ2) is 13.1. The molecule has 42 heavy (non-hydrogen) atoms. The smallest absolute Gasteiger partial charge is 0.475 e. The lowest BCUT2D eigenvalue weighted by molar-refractivity contribution is -0.192. The molecular weight excluding hydrogens is 559 g/mol. The van der Waals surface area contributed by atoms with Gasteiger partial charge in [0.15, 0.2) is 0 Å². The lowest BCUT2D eigenvalue weighted by atomic mass is 9.78. The number of amides is 3. The van der Waals surface area contributed by atoms with Gasteiger partial charge in [0.1, 0.15) is 5.54 Å². The van der Waals surface area contributed by atoms with Crippen molar-refractivity contribution in [3.8, 4) is 0 Å². The Morgan fingerprint density at radius 1 is 1.00 bits per heavy atom. The van der Waals surface area contributed by atoms with E-state index in [1.807, 2.05) is 43.3 Å². The van der Waals surface area contributed by atoms with E-state index in [1.165, 1.54) is 12.0 Å². The second-order valence-electron chi connectivity index (χ2n) is 9.83. The number of esters is 1. The number of likely N-dealkylation sites (N-methyl/N-ethyl adjacent to an activating group) is 1. The SMILES string of the molecule is CCN(C[C@H]1N[C@@](CC)(C(=O)OC)[C@H]2C(=O)N(Cc3ccccc3)C(=O)[C@@H]12)C(=O)c1ccccc1.O=C(O)C(F)(F)F. The number of carbonyl (C=O) groups excluding carboxylic acids is 4. The largest absolute Gasteiger partial charge is 0.490 e. The average molecular weight is 592 g/mol. The summed E-state index contributed by atoms with van der Waals surface area (Å²) in [6, 6.07) is 17.6. The van der Waals surface area contributed by atoms with Gasteiger partial charge in [-0.3, -0.25) is 29.4 Å². The van der Waals surface area contributed by atoms with Crippen LogP contribution in [-0.2, 0) is 30.5 Å². The van der Waals surface area contributed by atoms with Crippen LogP contribution in [0.1, 0.15) is 36.2 Å². The van der Waals surface area contributed by atoms with E-state index in [2.05, 4.69) is 5.32 Å². The van der Waals surface area contributed by atoms with Gasteiger partial charge in [0.25, 0.3) is 5.91 Å². The molecule has 0 bridgehead atoms. The molecule has 2 fully saturated rings. The monoisotopic (exact) mass is 591 g/mol. The number of hydrogen-bond acceptors (Lipinski definition) is 7. The molecule has 0 radical (unpaired) electrons. The third kappa shape index (κ3) is 6.46. The average Bonchev–Trinajstić information content (AvgIpc) is 3.45. The minimum atomic E-state index is -5.08. The fraction of sp³-hybridized carbons (Fsp3) is 0.414. The Hall–Kier alpha value is -4.26. The maximum Gasteiger partial charge on any atom is 0.490 e. The molecule has 0 aliphatic carbocycles. The van der Waals surface area contributed by atoms with Crippen LogP contribution in [-0.4, -0.2) is 82.5 Å². The van der Waals surface area contributed by atoms with Gasteiger partial charge in [-0.2, -0.15) is 13.2 Å². The maximum absolute atomic E-state index is 13.6. The molecule has 0 saturated carbocycles. The van der Waals surface area contributed by atoms with Gasteiger partial charge >= 0.3 is 18.1 Å². The predicted octanol–water partition coefficient (Wildman–Crippen LogP) is 2.88. The van der Waals surface area contributed by atoms with Crippen molar-refractivity contribution in [2.45, 2.75) is 44.6 Å². The van der Waals surface area contributed by atoms with Crippen LogP contribution >= 0.6 is 0 Å². The Bertz CT molecular complexity index is 1310. The van der Waals surface area contributed by atoms with E-state index in [9.17, 15) is 32.3 Å². The first-order chi connectivity index (χ1) is 19.8. The standard InChI is InChI=1S/C27H31N3O5.C2HF3O2/c1-4-27(26(34)35-3)22-21(24(32)30(25(22)33)16-18-12-8-6-9-13-18)20(28-27)17-29(5-2)23(31)19-14-10-7-11-15-19;3-2(4,5)1(6)7/h6-15,20-22,28H,4-5,16-17H2,1-3H3;(H,6,7)/t20-,21+,22-,27-;/m1./s1. The number of ether oxygens (including phenoxy) is 1. The van der Waals surface area contributed by atoms with E-state index in [4.69, 9.17) is 14.6 Å². The molecule has 10 nitrogen and oxygen atoms in total. The zero-order chi connectivity index (χ0) is 31.2. The number of carbonyl (C=O) groups is 5. The van der Waals surface area contributed by atoms with Crippen LogP contribution < -0.4 is 5.32 Å². The molecule has 4 rings (SSSR count). The zero-order valence-corrected chi connectivity index (χ0v) is 23.3. The van der Waals surface area contributed by atoms with Crippen LogP contribution in [0.4, 0.5) is 13.2 Å². The van der Waals surface area contributed by atoms with Crippen LogP contribution in [0.2, 0.25) is 0 Å². The number of halogens is 3. The van der Waals surface area contributed by atoms with E-state index < -0.39 is 41.5 Å². The molecule has 4 atom stereocenters. The Kier molecular flexibility index (Phi) is 10.1. The Morgan fingerprint density at radius 3 is 2.02 bits per heavy atom. The van der Waals surface area contributed by atoms with Crippen LogP contribution in [0.5, 0.6) is 0 Å². The van der Waals surface area contributed by atoms with Gasteiger partial charge in [0, 0.05) is 24.7 Å². The Labute approximate surface area is 240 Å². The number of likely N-dealkylation sites (tertiary alicyclic amines) is 1. The first kappa shape index (κ1) is 32.3. The summed E-state index contributed by atoms with van der Waals surface area (Å²) in [6.07, 6.45) is -4.81. The zero-order valence-electron chi connectivity index (χ0n) is 23.3. The molecule has 226 valence electrons. The fourth-order valence-corrected chi connectivity index (χ4v) is 5.46. The van der Waals surface area contributed by atoms with Gasteiger partial charge in [-0.1, -0.05) is 55.5 Å². The van der Waals surface area contributed by atoms with Gasteiger partial charge < -0.3 is 14.7 Å². The number of fused-ring (bicyclic) bond motifs is 1. The number of benzene rings is 2. The first-order valence-electron chi connectivity index (χ1n) is 13.2. The summed E-state index contributed by atoms with van der Waals surface area (Å²) in [5.74, 6) is -5.89. The molecule has 2 N–H and O–H groups in total. The van der Waals surface area contributed by atoms with Crippen molar-refractivity contribution >= 4 is 29.7 Å². The van der Waals surface area contributed by atoms with Crippen molar-refractivity contribution in [3.05, 3.63) is 71.8 Å². The van der Waals surface area contributed by atoms with Crippen molar-refractivity contribution in [3.63, 3.8) is 0 Å². The Balaban J connectivity index is 0.000000616. The molecule has 0 unspecified atom stereocenters. The highest BCUT2D eigenvalue weighted by atomic mass is 19.4. The number of methoxy groups -OCH3 is 1. The van der Waals surface area contributed by atoms with Gasteiger partial charge in [-0.25, -0.2) is 4.79 Å². The van der Waals surface area contributed by atoms with Crippen LogP contribution in [0, 0.1) is 11.8 Å². The molecule has 2 heterocycles. The predicted molar refractivity (Wildman–Crippen MR) is 143 cm³/mol. The van der Waals surface area contributed by atoms with E-state index in [-0.39, 0.29) is 37.2 Å². The number of alkyl halides is 3. The van der Waals surface area contributed by atoms with Gasteiger partial charge in [-0.15, -0.1) is 0 Å². The number of rotatable bonds is 8. The first-order valence-corrected chi connectivity index (χ1v) is 13.2. The summed E-state index contributed by atoms with van der Waals surface area (Å²) >= 11 is 0. The number of carboxylic acid groups (broad SMARTS) is 1. The summed E-state index contributed by atoms with van der Waals surface area (Å²) in [4.78, 5) is 65.3. The molecule has 2 aromatic rings. The normalized spacial score (nSPS) is 23.1. The van der Waals surface area contributed by atoms with Gasteiger partial charge in [0.05, 0.1) is 25.5 Å². The number of hydrogen-bond donors (Lipinski definition) is 2. The van der Waals surface area contributed by atoms with E-state index in [0.29, 0.717) is 12.1 Å². The van der Waals surface area contributed by atoms with Crippen LogP contribution in [0.25, 0.3) is 0 Å². The van der Waals surface area contributed by atoms with Crippen molar-refractivity contribution < 1.29 is 47.0 Å². The highest BCUT2D eigenvalue weighted by molar-refractivity contribution is 6.09. The highest BCUT2D eigenvalue weighted by Gasteiger charge is 2.67. The molecule has 0 aromatic heterocycles. The molecule has 2 aromatic carbocycles. The van der Waals surface area contributed by atoms with E-state index >= 15 is 0 Å². The second-order valence-corrected chi connectivity index (χ2v) is 9.83. The minimum absolute atomic E-state index is 0.139. The molecule has 13 heteroatoms. The summed E-state index contributed by atoms with van der Waals surface area (Å²) in [6.45, 7) is 4.40. The number of nitrogens with zero attached hydrogens (tertiary/aromatic N) is 2. The summed E-state index contributed by atoms with van der Waals surface area (Å²) in [5, 5.41) is 10.4. The molecule has 2 aliphatic heterocycles. The summed E-state index contributed by atoms with van der Waals surface area (Å²) in [5.41, 5.74) is 0.0312. The molecule has 3 amide bonds. The van der Waals surface area contributed by atoms with Crippen molar-refractivity contribution in [2.24, 2.45) is 11.8 Å². The molecule has 0 spiro atoms. The molecule has 2 aliphatic rings. The van der Waals surface area contributed by atoms with E-state index in [0.717, 1.165) is 5.56 Å². The number of aliphatic carboxylic acids is 1. The maximum atomic E-state index is 13.6. The summed E-state index contributed by atoms with van der Waals surface area (Å²) < 4.78 is 36.8. The summed E-state index contributed by atoms with van der Waals surface area (Å²) in [7, 11) is 1.28. The fourth-order valence-electron chi connectivity index (χ4n) is 5.46. The van der Waals surface area contributed by atoms with Crippen LogP contribution in [0.15, 0.2) is 60.7 Å². The number of imide groups is 1. The topological polar surface area (TPSA) is 133 Å². The Morgan fingerprint density at radius 2 is 1.55 bits per heavy atom. The van der Waals surface area contributed by atoms with Crippen LogP contribution in [0.3, 0.4) is 0 Å². The minimum Gasteiger partial charge on any atom is -0.475 e. The van der Waals surface area contributed by atoms with Crippen molar-refractivity contribution in [1.82, 2.24) is 15.1 Å². The third-order valence-corrected chi connectivity index (χ3v) is 7.49. The van der Waals surface area contributed by atoms with E-state index in [1.54, 1.807) is 36.1 Å². The lowest BCUT2D eigenvalue weighted by Gasteiger charge is -2.32. The van der Waals surface area contributed by atoms with Crippen molar-refractivity contribution in [1.29, 1.82) is 0 Å². The number of carboxylic acids is 1. The lowest BCUT2D eigenvalue weighted by Crippen LogP contribution is -2.58. The molecule has 2 saturated heterocycles. The quantitative estimate of drug-likeness (QED) is 0.354.